The van der Waals surface area contributed by atoms with Crippen LogP contribution in [-0.2, 0) is 9.59 Å². The van der Waals surface area contributed by atoms with Crippen LogP contribution in [-0.4, -0.2) is 46.0 Å². The Morgan fingerprint density at radius 2 is 2.11 bits per heavy atom. The van der Waals surface area contributed by atoms with Gasteiger partial charge in [0.2, 0.25) is 0 Å². The molecule has 1 aromatic rings. The number of thiocarbonyl (C=S) groups is 1. The van der Waals surface area contributed by atoms with Crippen LogP contribution < -0.4 is 9.47 Å². The molecule has 6 nitrogen and oxygen atoms in total. The molecule has 0 bridgehead atoms. The quantitative estimate of drug-likeness (QED) is 0.376. The number of ether oxygens (including phenoxy) is 2. The predicted octanol–water partition coefficient (Wildman–Crippen LogP) is 3.94. The zero-order valence-corrected chi connectivity index (χ0v) is 17.2. The molecule has 1 aliphatic heterocycles. The van der Waals surface area contributed by atoms with Crippen LogP contribution in [0.1, 0.15) is 38.7 Å². The van der Waals surface area contributed by atoms with Gasteiger partial charge in [-0.05, 0) is 36.6 Å². The zero-order valence-electron chi connectivity index (χ0n) is 15.6. The van der Waals surface area contributed by atoms with Gasteiger partial charge in [-0.25, -0.2) is 4.79 Å². The number of aliphatic carboxylic acids is 1. The lowest BCUT2D eigenvalue weighted by Crippen LogP contribution is -2.43. The van der Waals surface area contributed by atoms with Crippen molar-refractivity contribution in [2.45, 2.75) is 39.2 Å². The number of carbonyl (C=O) groups is 2. The number of amides is 1. The number of hydrogen-bond acceptors (Lipinski definition) is 6. The molecule has 8 heteroatoms. The molecule has 0 spiro atoms. The second kappa shape index (κ2) is 9.75. The highest BCUT2D eigenvalue weighted by Crippen LogP contribution is 2.36. The minimum absolute atomic E-state index is 0.256. The fourth-order valence-electron chi connectivity index (χ4n) is 2.59. The standard InChI is InChI=1S/C19H23NO5S2/c1-4-6-9-25-14-8-7-12(10-15(14)24-3)11-16-17(21)20(19(26)27-16)13(5-2)18(22)23/h7-8,10-11,13H,4-6,9H2,1-3H3,(H,22,23)/b16-11-/t13-/m1/s1. The minimum atomic E-state index is -1.06. The Kier molecular flexibility index (Phi) is 7.67. The van der Waals surface area contributed by atoms with E-state index in [0.717, 1.165) is 30.2 Å². The number of carboxylic acid groups (broad SMARTS) is 1. The maximum atomic E-state index is 12.7. The van der Waals surface area contributed by atoms with E-state index in [9.17, 15) is 14.7 Å². The zero-order chi connectivity index (χ0) is 20.0. The van der Waals surface area contributed by atoms with E-state index in [4.69, 9.17) is 21.7 Å². The van der Waals surface area contributed by atoms with Crippen LogP contribution in [0.25, 0.3) is 6.08 Å². The molecular weight excluding hydrogens is 386 g/mol. The molecule has 1 heterocycles. The predicted molar refractivity (Wildman–Crippen MR) is 110 cm³/mol. The number of carboxylic acids is 1. The lowest BCUT2D eigenvalue weighted by Gasteiger charge is -2.21. The van der Waals surface area contributed by atoms with Crippen molar-refractivity contribution in [3.05, 3.63) is 28.7 Å². The third kappa shape index (κ3) is 5.01. The molecular formula is C19H23NO5S2. The van der Waals surface area contributed by atoms with Gasteiger partial charge in [-0.3, -0.25) is 9.69 Å². The molecule has 0 aromatic heterocycles. The van der Waals surface area contributed by atoms with E-state index in [1.54, 1.807) is 32.2 Å². The van der Waals surface area contributed by atoms with Crippen molar-refractivity contribution in [2.75, 3.05) is 13.7 Å². The van der Waals surface area contributed by atoms with Crippen molar-refractivity contribution in [3.63, 3.8) is 0 Å². The fourth-order valence-corrected chi connectivity index (χ4v) is 3.94. The van der Waals surface area contributed by atoms with E-state index < -0.39 is 12.0 Å². The summed E-state index contributed by atoms with van der Waals surface area (Å²) < 4.78 is 11.3. The van der Waals surface area contributed by atoms with E-state index >= 15 is 0 Å². The summed E-state index contributed by atoms with van der Waals surface area (Å²) in [6.45, 7) is 4.41. The first-order valence-electron chi connectivity index (χ1n) is 8.73. The minimum Gasteiger partial charge on any atom is -0.493 e. The van der Waals surface area contributed by atoms with Crippen molar-refractivity contribution in [1.29, 1.82) is 0 Å². The molecule has 1 aliphatic rings. The smallest absolute Gasteiger partial charge is 0.326 e. The first-order valence-corrected chi connectivity index (χ1v) is 9.96. The van der Waals surface area contributed by atoms with E-state index in [1.807, 2.05) is 6.07 Å². The summed E-state index contributed by atoms with van der Waals surface area (Å²) in [7, 11) is 1.56. The molecule has 2 rings (SSSR count). The van der Waals surface area contributed by atoms with Crippen LogP contribution in [0.4, 0.5) is 0 Å². The van der Waals surface area contributed by atoms with Crippen molar-refractivity contribution >= 4 is 46.3 Å². The molecule has 0 saturated carbocycles. The molecule has 1 amide bonds. The first-order chi connectivity index (χ1) is 12.9. The van der Waals surface area contributed by atoms with Gasteiger partial charge in [-0.1, -0.05) is 50.3 Å². The molecule has 1 atom stereocenters. The summed E-state index contributed by atoms with van der Waals surface area (Å²) in [5.41, 5.74) is 0.749. The Bertz CT molecular complexity index is 762. The van der Waals surface area contributed by atoms with Gasteiger partial charge in [-0.15, -0.1) is 0 Å². The maximum Gasteiger partial charge on any atom is 0.326 e. The Balaban J connectivity index is 2.24. The Morgan fingerprint density at radius 1 is 1.37 bits per heavy atom. The summed E-state index contributed by atoms with van der Waals surface area (Å²) in [6, 6.07) is 4.45. The lowest BCUT2D eigenvalue weighted by molar-refractivity contribution is -0.145. The van der Waals surface area contributed by atoms with Crippen LogP contribution in [0.3, 0.4) is 0 Å². The van der Waals surface area contributed by atoms with Crippen molar-refractivity contribution in [1.82, 2.24) is 4.90 Å². The first kappa shape index (κ1) is 21.2. The van der Waals surface area contributed by atoms with E-state index in [1.165, 1.54) is 4.90 Å². The van der Waals surface area contributed by atoms with Crippen LogP contribution >= 0.6 is 24.0 Å². The second-order valence-electron chi connectivity index (χ2n) is 5.93. The molecule has 0 radical (unpaired) electrons. The molecule has 1 aromatic carbocycles. The van der Waals surface area contributed by atoms with Crippen molar-refractivity contribution in [3.8, 4) is 11.5 Å². The second-order valence-corrected chi connectivity index (χ2v) is 7.60. The number of benzene rings is 1. The Hall–Kier alpha value is -2.06. The van der Waals surface area contributed by atoms with Gasteiger partial charge in [0.1, 0.15) is 10.4 Å². The Labute approximate surface area is 168 Å². The average Bonchev–Trinajstić information content (AvgIpc) is 2.91. The molecule has 0 aliphatic carbocycles. The van der Waals surface area contributed by atoms with Crippen LogP contribution in [0.5, 0.6) is 11.5 Å². The third-order valence-electron chi connectivity index (χ3n) is 4.05. The molecule has 1 saturated heterocycles. The fraction of sp³-hybridized carbons (Fsp3) is 0.421. The highest BCUT2D eigenvalue weighted by atomic mass is 32.2. The van der Waals surface area contributed by atoms with Crippen LogP contribution in [0.15, 0.2) is 23.1 Å². The number of unbranched alkanes of at least 4 members (excludes halogenated alkanes) is 1. The highest BCUT2D eigenvalue weighted by Gasteiger charge is 2.39. The summed E-state index contributed by atoms with van der Waals surface area (Å²) in [6.07, 6.45) is 3.96. The van der Waals surface area contributed by atoms with Crippen LogP contribution in [0.2, 0.25) is 0 Å². The number of rotatable bonds is 9. The summed E-state index contributed by atoms with van der Waals surface area (Å²) in [5.74, 6) is -0.230. The number of hydrogen-bond donors (Lipinski definition) is 1. The van der Waals surface area contributed by atoms with Gasteiger partial charge >= 0.3 is 5.97 Å². The van der Waals surface area contributed by atoms with Gasteiger partial charge in [-0.2, -0.15) is 0 Å². The summed E-state index contributed by atoms with van der Waals surface area (Å²) >= 11 is 6.33. The summed E-state index contributed by atoms with van der Waals surface area (Å²) in [4.78, 5) is 25.6. The van der Waals surface area contributed by atoms with E-state index in [2.05, 4.69) is 6.92 Å². The molecule has 1 fully saturated rings. The normalized spacial score (nSPS) is 16.7. The van der Waals surface area contributed by atoms with Gasteiger partial charge in [0.15, 0.2) is 11.5 Å². The van der Waals surface area contributed by atoms with Crippen LogP contribution in [0, 0.1) is 0 Å². The largest absolute Gasteiger partial charge is 0.493 e. The van der Waals surface area contributed by atoms with Crippen molar-refractivity contribution in [2.24, 2.45) is 0 Å². The molecule has 146 valence electrons. The molecule has 0 unspecified atom stereocenters. The molecule has 27 heavy (non-hydrogen) atoms. The lowest BCUT2D eigenvalue weighted by atomic mass is 10.1. The van der Waals surface area contributed by atoms with Gasteiger partial charge in [0.05, 0.1) is 18.6 Å². The number of thioether (sulfide) groups is 1. The van der Waals surface area contributed by atoms with E-state index in [-0.39, 0.29) is 16.6 Å². The Morgan fingerprint density at radius 3 is 2.70 bits per heavy atom. The topological polar surface area (TPSA) is 76.1 Å². The average molecular weight is 410 g/mol. The summed E-state index contributed by atoms with van der Waals surface area (Å²) in [5, 5.41) is 9.32. The third-order valence-corrected chi connectivity index (χ3v) is 5.38. The molecule has 1 N–H and O–H groups in total. The van der Waals surface area contributed by atoms with Crippen molar-refractivity contribution < 1.29 is 24.2 Å². The number of methoxy groups -OCH3 is 1. The van der Waals surface area contributed by atoms with Gasteiger partial charge < -0.3 is 14.6 Å². The maximum absolute atomic E-state index is 12.7. The monoisotopic (exact) mass is 409 g/mol. The number of nitrogens with zero attached hydrogens (tertiary/aromatic N) is 1. The highest BCUT2D eigenvalue weighted by molar-refractivity contribution is 8.26. The van der Waals surface area contributed by atoms with Gasteiger partial charge in [0.25, 0.3) is 5.91 Å². The van der Waals surface area contributed by atoms with Gasteiger partial charge in [0, 0.05) is 0 Å². The number of carbonyl (C=O) groups excluding carboxylic acids is 1. The van der Waals surface area contributed by atoms with E-state index in [0.29, 0.717) is 23.0 Å². The SMILES string of the molecule is CCCCOc1ccc(/C=C2\SC(=S)N([C@H](CC)C(=O)O)C2=O)cc1OC.